The Morgan fingerprint density at radius 1 is 0.156 bits per heavy atom. The topological polar surface area (TPSA) is 32.8 Å². The Bertz CT molecular complexity index is 8800. The van der Waals surface area contributed by atoms with Crippen LogP contribution in [0.4, 0.5) is 34.1 Å². The van der Waals surface area contributed by atoms with Gasteiger partial charge in [0.25, 0.3) is 0 Å². The highest BCUT2D eigenvalue weighted by Gasteiger charge is 2.52. The van der Waals surface area contributed by atoms with Crippen molar-refractivity contribution in [2.75, 3.05) is 9.80 Å². The van der Waals surface area contributed by atoms with Gasteiger partial charge >= 0.3 is 0 Å². The van der Waals surface area contributed by atoms with Crippen LogP contribution >= 0.6 is 0 Å². The first-order valence-corrected chi connectivity index (χ1v) is 49.1. The van der Waals surface area contributed by atoms with Crippen molar-refractivity contribution in [3.63, 3.8) is 0 Å². The van der Waals surface area contributed by atoms with Crippen molar-refractivity contribution < 1.29 is 8.83 Å². The minimum atomic E-state index is -0.580. The molecule has 0 saturated heterocycles. The molecule has 4 aliphatic carbocycles. The molecule has 4 nitrogen and oxygen atoms in total. The van der Waals surface area contributed by atoms with Crippen molar-refractivity contribution in [1.82, 2.24) is 0 Å². The smallest absolute Gasteiger partial charge is 0.143 e. The lowest BCUT2D eigenvalue weighted by Crippen LogP contribution is -2.26. The molecule has 22 aromatic carbocycles. The molecule has 0 fully saturated rings. The minimum absolute atomic E-state index is 0.216. The van der Waals surface area contributed by atoms with Crippen LogP contribution in [-0.2, 0) is 16.2 Å². The number of benzene rings is 22. The van der Waals surface area contributed by atoms with Crippen LogP contribution < -0.4 is 9.80 Å². The lowest BCUT2D eigenvalue weighted by atomic mass is 9.70. The fourth-order valence-electron chi connectivity index (χ4n) is 23.9. The number of rotatable bonds is 14. The van der Waals surface area contributed by atoms with E-state index in [1.165, 1.54) is 167 Å². The van der Waals surface area contributed by atoms with E-state index in [2.05, 4.69) is 523 Å². The first kappa shape index (κ1) is 82.7. The molecule has 664 valence electrons. The third kappa shape index (κ3) is 13.3. The van der Waals surface area contributed by atoms with Crippen LogP contribution in [0.2, 0.25) is 0 Å². The Balaban J connectivity index is 0.000000142. The monoisotopic (exact) mass is 1800 g/mol. The van der Waals surface area contributed by atoms with E-state index in [0.717, 1.165) is 100 Å². The van der Waals surface area contributed by atoms with Gasteiger partial charge in [-0.25, -0.2) is 0 Å². The van der Waals surface area contributed by atoms with Crippen LogP contribution in [-0.4, -0.2) is 0 Å². The second kappa shape index (κ2) is 32.8. The highest BCUT2D eigenvalue weighted by molar-refractivity contribution is 6.15. The SMILES string of the molecule is CC1(C)c2cc(-c3ccccc3)ccc2-c2ccc(N(c3ccc4c(c3)C(C)(C)c3cc(-c5ccccc5)ccc3-4)c3ccc(-c4cccc5c4oc4ccccc45)c4ccccc34)cc21.c1ccc(-c2ccc(-c3ccc(N(c4ccc(-c5ccc(-c6ccccc6)cc5)cc4)c4ccc5c(c4)C4(c6ccccc6-c6ccccc64)c4cc(-c6cccc7c6oc6ccccc67)ccc4-5)cc3)cc2)cc1. The normalized spacial score (nSPS) is 13.3. The Morgan fingerprint density at radius 2 is 0.426 bits per heavy atom. The van der Waals surface area contributed by atoms with E-state index in [4.69, 9.17) is 8.83 Å². The molecule has 0 aliphatic heterocycles. The van der Waals surface area contributed by atoms with Gasteiger partial charge in [0.15, 0.2) is 0 Å². The number of hydrogen-bond acceptors (Lipinski definition) is 4. The molecule has 0 unspecified atom stereocenters. The molecule has 0 atom stereocenters. The van der Waals surface area contributed by atoms with Crippen molar-refractivity contribution in [1.29, 1.82) is 0 Å². The summed E-state index contributed by atoms with van der Waals surface area (Å²) in [6.45, 7) is 9.56. The van der Waals surface area contributed by atoms with E-state index in [0.29, 0.717) is 0 Å². The maximum atomic E-state index is 6.68. The molecule has 0 radical (unpaired) electrons. The van der Waals surface area contributed by atoms with Crippen molar-refractivity contribution >= 4 is 88.8 Å². The zero-order valence-electron chi connectivity index (χ0n) is 78.6. The van der Waals surface area contributed by atoms with Crippen LogP contribution in [0, 0.1) is 0 Å². The molecular weight excluding hydrogens is 1710 g/mol. The van der Waals surface area contributed by atoms with Gasteiger partial charge in [0.05, 0.1) is 11.1 Å². The molecule has 28 rings (SSSR count). The van der Waals surface area contributed by atoms with Crippen LogP contribution in [0.15, 0.2) is 506 Å². The number of para-hydroxylation sites is 4. The molecule has 141 heavy (non-hydrogen) atoms. The molecule has 2 aromatic heterocycles. The van der Waals surface area contributed by atoms with Gasteiger partial charge < -0.3 is 18.6 Å². The standard InChI is InChI=1S/C73H47NO.C64H47NO/c1-3-14-48(15-4-1)50-26-30-52(31-27-50)54-34-39-57(40-35-54)74(58-41-36-55(37-42-58)53-32-28-51(29-33-53)49-16-5-2-6-17-49)59-43-45-64-63-44-38-56(60-21-13-22-66-65-20-9-12-25-71(65)75-72(60)66)46-69(63)73(70(64)47-59)67-23-10-7-18-61(67)62-19-8-11-24-68(62)73;1-63(2)56-36-42(40-16-7-5-8-17-40)26-30-48(56)50-32-28-44(38-58(50)63)65(45-29-33-51-49-31-27-43(41-18-9-6-10-19-41)37-57(49)64(3,4)59(51)39-45)60-35-34-47(46-20-11-12-21-52(46)60)54-23-15-24-55-53-22-13-14-25-61(53)66-62(54)55/h1-47H;5-39H,1-4H3. The van der Waals surface area contributed by atoms with Crippen molar-refractivity contribution in [2.24, 2.45) is 0 Å². The predicted molar refractivity (Wildman–Crippen MR) is 589 cm³/mol. The van der Waals surface area contributed by atoms with Gasteiger partial charge in [-0.3, -0.25) is 0 Å². The van der Waals surface area contributed by atoms with E-state index >= 15 is 0 Å². The maximum absolute atomic E-state index is 6.68. The summed E-state index contributed by atoms with van der Waals surface area (Å²) < 4.78 is 13.3. The van der Waals surface area contributed by atoms with Gasteiger partial charge in [-0.1, -0.05) is 428 Å². The minimum Gasteiger partial charge on any atom is -0.455 e. The summed E-state index contributed by atoms with van der Waals surface area (Å²) in [4.78, 5) is 4.94. The van der Waals surface area contributed by atoms with Crippen LogP contribution in [0.1, 0.15) is 72.2 Å². The second-order valence-corrected chi connectivity index (χ2v) is 39.2. The molecule has 0 amide bonds. The molecule has 0 bridgehead atoms. The zero-order valence-corrected chi connectivity index (χ0v) is 78.6. The second-order valence-electron chi connectivity index (χ2n) is 39.2. The summed E-state index contributed by atoms with van der Waals surface area (Å²) in [6, 6.07) is 183. The maximum Gasteiger partial charge on any atom is 0.143 e. The van der Waals surface area contributed by atoms with Gasteiger partial charge in [0.2, 0.25) is 0 Å². The average molecular weight is 1800 g/mol. The predicted octanol–water partition coefficient (Wildman–Crippen LogP) is 37.6. The fourth-order valence-corrected chi connectivity index (χ4v) is 23.9. The lowest BCUT2D eigenvalue weighted by Gasteiger charge is -2.32. The lowest BCUT2D eigenvalue weighted by molar-refractivity contribution is 0.660. The first-order valence-electron chi connectivity index (χ1n) is 49.1. The van der Waals surface area contributed by atoms with Crippen LogP contribution in [0.3, 0.4) is 0 Å². The van der Waals surface area contributed by atoms with Crippen molar-refractivity contribution in [3.8, 4) is 134 Å². The van der Waals surface area contributed by atoms with Crippen molar-refractivity contribution in [3.05, 3.63) is 542 Å². The summed E-state index contributed by atoms with van der Waals surface area (Å²) in [5.74, 6) is 0. The van der Waals surface area contributed by atoms with E-state index in [9.17, 15) is 0 Å². The summed E-state index contributed by atoms with van der Waals surface area (Å²) >= 11 is 0. The zero-order chi connectivity index (χ0) is 93.8. The molecule has 4 heteroatoms. The first-order chi connectivity index (χ1) is 69.4. The Hall–Kier alpha value is -17.7. The Morgan fingerprint density at radius 3 is 0.872 bits per heavy atom. The molecule has 24 aromatic rings. The summed E-state index contributed by atoms with van der Waals surface area (Å²) in [7, 11) is 0. The molecule has 0 saturated carbocycles. The number of fused-ring (bicyclic) bond motifs is 23. The van der Waals surface area contributed by atoms with E-state index in [1.54, 1.807) is 0 Å². The van der Waals surface area contributed by atoms with E-state index < -0.39 is 5.41 Å². The van der Waals surface area contributed by atoms with Crippen molar-refractivity contribution in [2.45, 2.75) is 43.9 Å². The quantitative estimate of drug-likeness (QED) is 0.109. The van der Waals surface area contributed by atoms with Gasteiger partial charge in [-0.2, -0.15) is 0 Å². The molecule has 1 spiro atoms. The highest BCUT2D eigenvalue weighted by atomic mass is 16.3. The Labute approximate surface area is 821 Å². The molecule has 2 heterocycles. The highest BCUT2D eigenvalue weighted by Crippen LogP contribution is 2.65. The number of anilines is 6. The third-order valence-corrected chi connectivity index (χ3v) is 30.8. The number of nitrogens with zero attached hydrogens (tertiary/aromatic N) is 2. The summed E-state index contributed by atoms with van der Waals surface area (Å²) in [5.41, 5.74) is 49.2. The number of hydrogen-bond donors (Lipinski definition) is 0. The Kier molecular flexibility index (Phi) is 19.2. The van der Waals surface area contributed by atoms with E-state index in [-0.39, 0.29) is 10.8 Å². The average Bonchev–Trinajstić information content (AvgIpc) is 1.50. The van der Waals surface area contributed by atoms with Crippen LogP contribution in [0.25, 0.3) is 188 Å². The van der Waals surface area contributed by atoms with Gasteiger partial charge in [-0.15, -0.1) is 0 Å². The van der Waals surface area contributed by atoms with Gasteiger partial charge in [-0.05, 0) is 269 Å². The fraction of sp³-hybridized carbons (Fsp3) is 0.0511. The molecule has 0 N–H and O–H groups in total. The molecule has 4 aliphatic rings. The summed E-state index contributed by atoms with van der Waals surface area (Å²) in [5, 5.41) is 6.89. The third-order valence-electron chi connectivity index (χ3n) is 30.8. The molecular formula is C137H94N2O2. The number of furan rings is 2. The largest absolute Gasteiger partial charge is 0.455 e. The van der Waals surface area contributed by atoms with Crippen LogP contribution in [0.5, 0.6) is 0 Å². The van der Waals surface area contributed by atoms with Gasteiger partial charge in [0, 0.05) is 77.3 Å². The van der Waals surface area contributed by atoms with E-state index in [1.807, 2.05) is 12.1 Å². The summed E-state index contributed by atoms with van der Waals surface area (Å²) in [6.07, 6.45) is 0. The van der Waals surface area contributed by atoms with Gasteiger partial charge in [0.1, 0.15) is 22.3 Å².